The fraction of sp³-hybridized carbons (Fsp3) is 0.644. The first-order valence-corrected chi connectivity index (χ1v) is 35.9. The average Bonchev–Trinajstić information content (AvgIpc) is 1.22. The summed E-state index contributed by atoms with van der Waals surface area (Å²) in [7, 11) is 10.5. The molecule has 3 heterocycles. The number of alkyl halides is 6. The third kappa shape index (κ3) is 19.7. The summed E-state index contributed by atoms with van der Waals surface area (Å²) in [6, 6.07) is -7.90. The normalized spacial score (nSPS) is 26.4. The Morgan fingerprint density at radius 2 is 1.26 bits per heavy atom. The van der Waals surface area contributed by atoms with Crippen molar-refractivity contribution in [3.8, 4) is 0 Å². The third-order valence-electron chi connectivity index (χ3n) is 21.4. The van der Waals surface area contributed by atoms with Gasteiger partial charge in [-0.3, -0.25) is 57.5 Å². The third-order valence-corrected chi connectivity index (χ3v) is 21.4. The highest BCUT2D eigenvalue weighted by atomic mass is 19.4. The van der Waals surface area contributed by atoms with Gasteiger partial charge in [0.1, 0.15) is 71.1 Å². The van der Waals surface area contributed by atoms with Crippen LogP contribution in [-0.2, 0) is 82.7 Å². The molecular formula is C73H100F8N12O13. The standard InChI is InChI=1S/C73H100F8N12O13/c1-13-42(4)59-68(104)87(8)40-57(97)88(9)50-22-15-14-18-32-92(67(50)103)53(37-43-23-26-46(27-24-43)72(76,77)78)66(102)86(7)39-55(95)82-49(28-25-44-35-47(74)58(48(75)36-44)73(79,80)81)64(100)93-33-29-54(94)61(93)63(99)84-71(30-19-31-71)70(106)91(12)60(45-20-16-17-21-45)69(105)90(11)52(65(101)85(5)6)38-56(96)89(10)51(34-41(2)3)62(98)83-59/h14-15,23-24,26-27,35-36,41-42,45,49-54,59-61,94H,13,16-22,25,28-34,37-40H2,1-12H3,(H,82,95)(H,83,98)(H,84,99)/b15-14-/t42-,49-,50-,51-,52-,53-,54-,59-,60-,61-/m0/s1. The molecule has 5 aliphatic rings. The van der Waals surface area contributed by atoms with Crippen molar-refractivity contribution in [2.45, 2.75) is 203 Å². The lowest BCUT2D eigenvalue weighted by atomic mass is 9.74. The lowest BCUT2D eigenvalue weighted by molar-refractivity contribution is -0.158. The van der Waals surface area contributed by atoms with E-state index in [2.05, 4.69) is 16.0 Å². The maximum Gasteiger partial charge on any atom is 0.422 e. The maximum absolute atomic E-state index is 15.4. The molecule has 3 aliphatic heterocycles. The Balaban J connectivity index is 1.34. The van der Waals surface area contributed by atoms with E-state index in [1.807, 2.05) is 0 Å². The fourth-order valence-corrected chi connectivity index (χ4v) is 14.7. The summed E-state index contributed by atoms with van der Waals surface area (Å²) in [5, 5.41) is 19.7. The fourth-order valence-electron chi connectivity index (χ4n) is 14.7. The van der Waals surface area contributed by atoms with Gasteiger partial charge in [-0.2, -0.15) is 26.3 Å². The lowest BCUT2D eigenvalue weighted by Gasteiger charge is -2.47. The van der Waals surface area contributed by atoms with Gasteiger partial charge in [-0.1, -0.05) is 71.2 Å². The molecule has 12 amide bonds. The summed E-state index contributed by atoms with van der Waals surface area (Å²) in [5.74, 6) is -16.0. The second-order valence-corrected chi connectivity index (χ2v) is 29.5. The van der Waals surface area contributed by atoms with Crippen LogP contribution in [0, 0.1) is 29.4 Å². The summed E-state index contributed by atoms with van der Waals surface area (Å²) >= 11 is 0. The van der Waals surface area contributed by atoms with E-state index >= 15 is 32.8 Å². The number of nitrogens with one attached hydrogen (secondary N) is 3. The van der Waals surface area contributed by atoms with Gasteiger partial charge in [0.25, 0.3) is 0 Å². The number of carbonyl (C=O) groups excluding carboxylic acids is 12. The predicted molar refractivity (Wildman–Crippen MR) is 369 cm³/mol. The van der Waals surface area contributed by atoms with Gasteiger partial charge in [0.05, 0.1) is 31.2 Å². The zero-order chi connectivity index (χ0) is 78.9. The van der Waals surface area contributed by atoms with Crippen molar-refractivity contribution < 1.29 is 97.8 Å². The second-order valence-electron chi connectivity index (χ2n) is 29.5. The minimum absolute atomic E-state index is 0.0204. The Morgan fingerprint density at radius 3 is 1.82 bits per heavy atom. The molecule has 1 spiro atoms. The average molecular weight is 1510 g/mol. The molecule has 4 fully saturated rings. The van der Waals surface area contributed by atoms with Crippen LogP contribution < -0.4 is 16.0 Å². The zero-order valence-electron chi connectivity index (χ0n) is 62.1. The van der Waals surface area contributed by atoms with Crippen LogP contribution in [0.15, 0.2) is 48.6 Å². The van der Waals surface area contributed by atoms with E-state index in [1.165, 1.54) is 59.1 Å². The summed E-state index contributed by atoms with van der Waals surface area (Å²) in [6.45, 7) is 4.69. The van der Waals surface area contributed by atoms with Crippen molar-refractivity contribution in [2.24, 2.45) is 17.8 Å². The predicted octanol–water partition coefficient (Wildman–Crippen LogP) is 4.69. The van der Waals surface area contributed by atoms with Gasteiger partial charge in [-0.05, 0) is 124 Å². The van der Waals surface area contributed by atoms with Crippen LogP contribution in [0.4, 0.5) is 35.1 Å². The van der Waals surface area contributed by atoms with Gasteiger partial charge in [0.15, 0.2) is 0 Å². The van der Waals surface area contributed by atoms with E-state index in [-0.39, 0.29) is 56.6 Å². The summed E-state index contributed by atoms with van der Waals surface area (Å²) < 4.78 is 113. The monoisotopic (exact) mass is 1500 g/mol. The first-order chi connectivity index (χ1) is 49.5. The van der Waals surface area contributed by atoms with Crippen LogP contribution in [-0.4, -0.2) is 263 Å². The summed E-state index contributed by atoms with van der Waals surface area (Å²) in [6.07, 6.45) is -8.70. The van der Waals surface area contributed by atoms with E-state index in [1.54, 1.807) is 39.8 Å². The molecule has 2 saturated carbocycles. The van der Waals surface area contributed by atoms with E-state index in [9.17, 15) is 65.0 Å². The van der Waals surface area contributed by atoms with E-state index in [0.717, 1.165) is 65.6 Å². The van der Waals surface area contributed by atoms with Gasteiger partial charge >= 0.3 is 12.4 Å². The number of rotatable bonds is 11. The van der Waals surface area contributed by atoms with Gasteiger partial charge in [0.2, 0.25) is 70.9 Å². The number of aryl methyl sites for hydroxylation is 1. The summed E-state index contributed by atoms with van der Waals surface area (Å²) in [4.78, 5) is 189. The number of benzene rings is 2. The number of amides is 12. The Morgan fingerprint density at radius 1 is 0.651 bits per heavy atom. The molecule has 586 valence electrons. The molecular weight excluding hydrogens is 1400 g/mol. The number of hydrogen-bond donors (Lipinski definition) is 4. The molecule has 25 nitrogen and oxygen atoms in total. The Labute approximate surface area is 612 Å². The largest absolute Gasteiger partial charge is 0.422 e. The van der Waals surface area contributed by atoms with E-state index < -0.39 is 229 Å². The van der Waals surface area contributed by atoms with Gasteiger partial charge < -0.3 is 65.2 Å². The van der Waals surface area contributed by atoms with Crippen LogP contribution in [0.3, 0.4) is 0 Å². The van der Waals surface area contributed by atoms with Crippen LogP contribution in [0.1, 0.15) is 140 Å². The number of aliphatic hydroxyl groups is 1. The molecule has 2 aromatic carbocycles. The van der Waals surface area contributed by atoms with Crippen molar-refractivity contribution in [1.82, 2.24) is 60.0 Å². The van der Waals surface area contributed by atoms with Crippen LogP contribution in [0.5, 0.6) is 0 Å². The molecule has 33 heteroatoms. The Bertz CT molecular complexity index is 3600. The number of likely N-dealkylation sites (N-methyl/N-ethyl adjacent to an activating group) is 7. The van der Waals surface area contributed by atoms with Crippen molar-refractivity contribution in [3.63, 3.8) is 0 Å². The van der Waals surface area contributed by atoms with Crippen molar-refractivity contribution in [3.05, 3.63) is 82.4 Å². The molecule has 2 aromatic rings. The second kappa shape index (κ2) is 35.3. The molecule has 2 bridgehead atoms. The van der Waals surface area contributed by atoms with Crippen LogP contribution >= 0.6 is 0 Å². The zero-order valence-corrected chi connectivity index (χ0v) is 62.1. The topological polar surface area (TPSA) is 290 Å². The van der Waals surface area contributed by atoms with Gasteiger partial charge in [-0.15, -0.1) is 0 Å². The van der Waals surface area contributed by atoms with Crippen molar-refractivity contribution in [2.75, 3.05) is 82.6 Å². The highest BCUT2D eigenvalue weighted by Crippen LogP contribution is 2.40. The van der Waals surface area contributed by atoms with Crippen LogP contribution in [0.2, 0.25) is 0 Å². The molecule has 2 aliphatic carbocycles. The molecule has 7 rings (SSSR count). The van der Waals surface area contributed by atoms with E-state index in [4.69, 9.17) is 0 Å². The molecule has 106 heavy (non-hydrogen) atoms. The van der Waals surface area contributed by atoms with E-state index in [0.29, 0.717) is 50.7 Å². The quantitative estimate of drug-likeness (QED) is 0.176. The molecule has 0 unspecified atom stereocenters. The number of halogens is 8. The maximum atomic E-state index is 15.4. The number of nitrogens with zero attached hydrogens (tertiary/aromatic N) is 9. The van der Waals surface area contributed by atoms with Crippen LogP contribution in [0.25, 0.3) is 0 Å². The minimum Gasteiger partial charge on any atom is -0.390 e. The lowest BCUT2D eigenvalue weighted by Crippen LogP contribution is -2.69. The number of fused-ring (bicyclic) bond motifs is 3. The number of hydrogen-bond acceptors (Lipinski definition) is 13. The Kier molecular flexibility index (Phi) is 28.1. The SMILES string of the molecule is CC[C@H](C)[C@@H]1NC(=O)[C@H](CC(C)C)N(C)C(=O)C[C@@H](C(=O)N(C)C)N(C)C(=O)[C@H](C2CCCC2)N(C)C(=O)C2(CCC2)NC(=O)[C@@H]2[C@@H](O)CCN2C(=O)[C@H](CCc2cc(F)c(C(F)(F)F)c(F)c2)NC(=O)CN(C)C(=O)[C@H](Cc2ccc(C(F)(F)F)cc2)N2CC/C=C\C[C@@H](C2=O)N(C)C(=O)CN(C)C1=O. The van der Waals surface area contributed by atoms with Gasteiger partial charge in [0, 0.05) is 75.9 Å². The molecule has 10 atom stereocenters. The smallest absolute Gasteiger partial charge is 0.390 e. The molecule has 0 aromatic heterocycles. The highest BCUT2D eigenvalue weighted by Gasteiger charge is 2.54. The first-order valence-electron chi connectivity index (χ1n) is 35.9. The molecule has 4 N–H and O–H groups in total. The first kappa shape index (κ1) is 84.5. The number of aliphatic hydroxyl groups excluding tert-OH is 1. The van der Waals surface area contributed by atoms with Crippen molar-refractivity contribution >= 4 is 70.9 Å². The Hall–Kier alpha value is -8.78. The van der Waals surface area contributed by atoms with Gasteiger partial charge in [-0.25, -0.2) is 8.78 Å². The summed E-state index contributed by atoms with van der Waals surface area (Å²) in [5.41, 5.74) is -5.39. The highest BCUT2D eigenvalue weighted by molar-refractivity contribution is 6.01. The molecule has 0 radical (unpaired) electrons. The molecule has 2 saturated heterocycles. The van der Waals surface area contributed by atoms with Crippen molar-refractivity contribution in [1.29, 1.82) is 0 Å². The number of carbonyl (C=O) groups is 12. The minimum atomic E-state index is -5.47.